The number of halogens is 1. The highest BCUT2D eigenvalue weighted by Gasteiger charge is 2.24. The van der Waals surface area contributed by atoms with Gasteiger partial charge in [-0.1, -0.05) is 11.6 Å². The van der Waals surface area contributed by atoms with Crippen LogP contribution in [0.1, 0.15) is 19.8 Å². The monoisotopic (exact) mass is 268 g/mol. The second-order valence-corrected chi connectivity index (χ2v) is 4.88. The van der Waals surface area contributed by atoms with Crippen LogP contribution in [-0.2, 0) is 4.79 Å². The summed E-state index contributed by atoms with van der Waals surface area (Å²) in [5.41, 5.74) is 6.12. The van der Waals surface area contributed by atoms with E-state index in [0.29, 0.717) is 16.5 Å². The molecule has 1 aliphatic rings. The molecule has 98 valence electrons. The van der Waals surface area contributed by atoms with Gasteiger partial charge in [0.1, 0.15) is 5.75 Å². The van der Waals surface area contributed by atoms with Crippen molar-refractivity contribution in [1.29, 1.82) is 0 Å². The molecule has 1 aromatic carbocycles. The van der Waals surface area contributed by atoms with E-state index < -0.39 is 6.10 Å². The zero-order valence-electron chi connectivity index (χ0n) is 10.4. The van der Waals surface area contributed by atoms with Crippen molar-refractivity contribution in [3.05, 3.63) is 23.2 Å². The first-order chi connectivity index (χ1) is 8.58. The number of nitrogen functional groups attached to an aromatic ring is 1. The van der Waals surface area contributed by atoms with Crippen molar-refractivity contribution < 1.29 is 9.53 Å². The number of ether oxygens (including phenoxy) is 1. The van der Waals surface area contributed by atoms with E-state index in [2.05, 4.69) is 0 Å². The minimum absolute atomic E-state index is 0.0282. The third-order valence-corrected chi connectivity index (χ3v) is 3.38. The summed E-state index contributed by atoms with van der Waals surface area (Å²) in [6.07, 6.45) is 1.65. The molecule has 0 saturated carbocycles. The Morgan fingerprint density at radius 3 is 2.72 bits per heavy atom. The number of nitrogens with two attached hydrogens (primary N) is 1. The molecular formula is C13H17ClN2O2. The van der Waals surface area contributed by atoms with Crippen molar-refractivity contribution in [2.45, 2.75) is 25.9 Å². The van der Waals surface area contributed by atoms with Gasteiger partial charge < -0.3 is 15.4 Å². The summed E-state index contributed by atoms with van der Waals surface area (Å²) in [5, 5.41) is 0.438. The molecule has 1 atom stereocenters. The Labute approximate surface area is 112 Å². The van der Waals surface area contributed by atoms with Crippen LogP contribution in [0.25, 0.3) is 0 Å². The maximum absolute atomic E-state index is 12.0. The summed E-state index contributed by atoms with van der Waals surface area (Å²) in [6.45, 7) is 3.41. The highest BCUT2D eigenvalue weighted by atomic mass is 35.5. The molecule has 0 bridgehead atoms. The minimum atomic E-state index is -0.497. The predicted molar refractivity (Wildman–Crippen MR) is 71.8 cm³/mol. The predicted octanol–water partition coefficient (Wildman–Crippen LogP) is 2.31. The van der Waals surface area contributed by atoms with E-state index in [9.17, 15) is 4.79 Å². The van der Waals surface area contributed by atoms with Gasteiger partial charge in [0.05, 0.1) is 10.7 Å². The molecule has 2 N–H and O–H groups in total. The van der Waals surface area contributed by atoms with Crippen LogP contribution < -0.4 is 10.5 Å². The van der Waals surface area contributed by atoms with E-state index in [0.717, 1.165) is 25.9 Å². The van der Waals surface area contributed by atoms with Gasteiger partial charge in [0.25, 0.3) is 5.91 Å². The van der Waals surface area contributed by atoms with Crippen molar-refractivity contribution in [2.24, 2.45) is 0 Å². The number of anilines is 1. The maximum atomic E-state index is 12.0. The topological polar surface area (TPSA) is 55.6 Å². The van der Waals surface area contributed by atoms with Crippen LogP contribution in [0, 0.1) is 0 Å². The van der Waals surface area contributed by atoms with Gasteiger partial charge in [-0.05, 0) is 31.9 Å². The number of hydrogen-bond donors (Lipinski definition) is 1. The Bertz CT molecular complexity index is 445. The van der Waals surface area contributed by atoms with Gasteiger partial charge in [-0.15, -0.1) is 0 Å². The van der Waals surface area contributed by atoms with E-state index in [4.69, 9.17) is 22.1 Å². The number of rotatable bonds is 3. The SMILES string of the molecule is CC(Oc1ccc(N)c(Cl)c1)C(=O)N1CCCC1. The number of nitrogens with zero attached hydrogens (tertiary/aromatic N) is 1. The van der Waals surface area contributed by atoms with Crippen LogP contribution in [0.15, 0.2) is 18.2 Å². The molecule has 1 aliphatic heterocycles. The lowest BCUT2D eigenvalue weighted by Crippen LogP contribution is -2.38. The number of amides is 1. The molecule has 2 rings (SSSR count). The molecule has 0 aliphatic carbocycles. The second-order valence-electron chi connectivity index (χ2n) is 4.48. The quantitative estimate of drug-likeness (QED) is 0.856. The smallest absolute Gasteiger partial charge is 0.263 e. The summed E-state index contributed by atoms with van der Waals surface area (Å²) < 4.78 is 5.59. The third-order valence-electron chi connectivity index (χ3n) is 3.05. The van der Waals surface area contributed by atoms with Crippen LogP contribution in [0.2, 0.25) is 5.02 Å². The Balaban J connectivity index is 1.99. The molecule has 1 fully saturated rings. The molecule has 1 unspecified atom stereocenters. The molecule has 1 heterocycles. The van der Waals surface area contributed by atoms with Gasteiger partial charge >= 0.3 is 0 Å². The number of carbonyl (C=O) groups excluding carboxylic acids is 1. The Kier molecular flexibility index (Phi) is 3.97. The van der Waals surface area contributed by atoms with Crippen molar-refractivity contribution in [3.8, 4) is 5.75 Å². The first-order valence-corrected chi connectivity index (χ1v) is 6.46. The van der Waals surface area contributed by atoms with E-state index in [-0.39, 0.29) is 5.91 Å². The lowest BCUT2D eigenvalue weighted by Gasteiger charge is -2.21. The van der Waals surface area contributed by atoms with Gasteiger partial charge in [0, 0.05) is 19.2 Å². The molecule has 4 nitrogen and oxygen atoms in total. The lowest BCUT2D eigenvalue weighted by atomic mass is 10.3. The average molecular weight is 269 g/mol. The van der Waals surface area contributed by atoms with Crippen LogP contribution in [0.5, 0.6) is 5.75 Å². The highest BCUT2D eigenvalue weighted by Crippen LogP contribution is 2.25. The van der Waals surface area contributed by atoms with Crippen molar-refractivity contribution >= 4 is 23.2 Å². The molecule has 1 aromatic rings. The highest BCUT2D eigenvalue weighted by molar-refractivity contribution is 6.33. The Hall–Kier alpha value is -1.42. The normalized spacial score (nSPS) is 16.7. The molecule has 1 saturated heterocycles. The van der Waals surface area contributed by atoms with Gasteiger partial charge in [0.2, 0.25) is 0 Å². The molecule has 1 amide bonds. The Morgan fingerprint density at radius 1 is 1.44 bits per heavy atom. The second kappa shape index (κ2) is 5.48. The fourth-order valence-electron chi connectivity index (χ4n) is 2.03. The fraction of sp³-hybridized carbons (Fsp3) is 0.462. The summed E-state index contributed by atoms with van der Waals surface area (Å²) in [7, 11) is 0. The van der Waals surface area contributed by atoms with E-state index in [1.165, 1.54) is 0 Å². The van der Waals surface area contributed by atoms with E-state index in [1.807, 2.05) is 4.90 Å². The molecule has 0 aromatic heterocycles. The minimum Gasteiger partial charge on any atom is -0.481 e. The molecular weight excluding hydrogens is 252 g/mol. The third kappa shape index (κ3) is 2.88. The fourth-order valence-corrected chi connectivity index (χ4v) is 2.20. The largest absolute Gasteiger partial charge is 0.481 e. The van der Waals surface area contributed by atoms with Crippen molar-refractivity contribution in [2.75, 3.05) is 18.8 Å². The standard InChI is InChI=1S/C13H17ClN2O2/c1-9(13(17)16-6-2-3-7-16)18-10-4-5-12(15)11(14)8-10/h4-5,8-9H,2-3,6-7,15H2,1H3. The van der Waals surface area contributed by atoms with Gasteiger partial charge in [-0.3, -0.25) is 4.79 Å². The summed E-state index contributed by atoms with van der Waals surface area (Å²) in [4.78, 5) is 13.9. The number of hydrogen-bond acceptors (Lipinski definition) is 3. The summed E-state index contributed by atoms with van der Waals surface area (Å²) in [6, 6.07) is 5.02. The lowest BCUT2D eigenvalue weighted by molar-refractivity contribution is -0.136. The van der Waals surface area contributed by atoms with Gasteiger partial charge in [0.15, 0.2) is 6.10 Å². The number of benzene rings is 1. The van der Waals surface area contributed by atoms with Crippen LogP contribution >= 0.6 is 11.6 Å². The first kappa shape index (κ1) is 13.0. The number of carbonyl (C=O) groups is 1. The van der Waals surface area contributed by atoms with Crippen LogP contribution in [0.4, 0.5) is 5.69 Å². The summed E-state index contributed by atoms with van der Waals surface area (Å²) >= 11 is 5.90. The number of likely N-dealkylation sites (tertiary alicyclic amines) is 1. The first-order valence-electron chi connectivity index (χ1n) is 6.08. The van der Waals surface area contributed by atoms with Crippen molar-refractivity contribution in [3.63, 3.8) is 0 Å². The molecule has 0 spiro atoms. The molecule has 0 radical (unpaired) electrons. The van der Waals surface area contributed by atoms with Crippen molar-refractivity contribution in [1.82, 2.24) is 4.90 Å². The molecule has 18 heavy (non-hydrogen) atoms. The summed E-state index contributed by atoms with van der Waals surface area (Å²) in [5.74, 6) is 0.592. The van der Waals surface area contributed by atoms with Gasteiger partial charge in [-0.2, -0.15) is 0 Å². The van der Waals surface area contributed by atoms with Crippen LogP contribution in [-0.4, -0.2) is 30.0 Å². The van der Waals surface area contributed by atoms with E-state index in [1.54, 1.807) is 25.1 Å². The Morgan fingerprint density at radius 2 is 2.11 bits per heavy atom. The maximum Gasteiger partial charge on any atom is 0.263 e. The molecule has 5 heteroatoms. The van der Waals surface area contributed by atoms with Crippen LogP contribution in [0.3, 0.4) is 0 Å². The zero-order valence-corrected chi connectivity index (χ0v) is 11.1. The van der Waals surface area contributed by atoms with Gasteiger partial charge in [-0.25, -0.2) is 0 Å². The van der Waals surface area contributed by atoms with E-state index >= 15 is 0 Å². The zero-order chi connectivity index (χ0) is 13.1. The average Bonchev–Trinajstić information content (AvgIpc) is 2.86.